The van der Waals surface area contributed by atoms with Crippen molar-refractivity contribution in [2.24, 2.45) is 17.3 Å². The summed E-state index contributed by atoms with van der Waals surface area (Å²) in [6.45, 7) is 24.6. The van der Waals surface area contributed by atoms with E-state index >= 15 is 0 Å². The molecule has 1 aromatic carbocycles. The molecule has 0 amide bonds. The lowest BCUT2D eigenvalue weighted by Gasteiger charge is -2.49. The maximum Gasteiger partial charge on any atom is 0.133 e. The van der Waals surface area contributed by atoms with E-state index < -0.39 is 0 Å². The maximum absolute atomic E-state index is 8.76. The number of likely N-dealkylation sites (tertiary alicyclic amines) is 1. The molecule has 3 nitrogen and oxygen atoms in total. The summed E-state index contributed by atoms with van der Waals surface area (Å²) in [6.07, 6.45) is 7.25. The first-order chi connectivity index (χ1) is 15.3. The van der Waals surface area contributed by atoms with E-state index in [2.05, 4.69) is 38.8 Å². The molecule has 2 unspecified atom stereocenters. The quantitative estimate of drug-likeness (QED) is 0.542. The van der Waals surface area contributed by atoms with Crippen LogP contribution in [0, 0.1) is 24.2 Å². The van der Waals surface area contributed by atoms with Crippen molar-refractivity contribution in [1.29, 1.82) is 0 Å². The van der Waals surface area contributed by atoms with Crippen molar-refractivity contribution in [3.63, 3.8) is 0 Å². The Morgan fingerprint density at radius 3 is 2.38 bits per heavy atom. The summed E-state index contributed by atoms with van der Waals surface area (Å²) in [5.41, 5.74) is 4.09. The third-order valence-electron chi connectivity index (χ3n) is 6.58. The lowest BCUT2D eigenvalue weighted by atomic mass is 9.63. The van der Waals surface area contributed by atoms with Crippen LogP contribution in [0.4, 0.5) is 0 Å². The van der Waals surface area contributed by atoms with Gasteiger partial charge in [0, 0.05) is 30.6 Å². The number of phenols is 1. The van der Waals surface area contributed by atoms with Crippen molar-refractivity contribution >= 4 is 12.2 Å². The predicted octanol–water partition coefficient (Wildman–Crippen LogP) is 7.38. The third-order valence-corrected chi connectivity index (χ3v) is 6.58. The maximum atomic E-state index is 8.76. The van der Waals surface area contributed by atoms with E-state index in [1.165, 1.54) is 48.5 Å². The monoisotopic (exact) mass is 437 g/mol. The molecule has 176 valence electrons. The Morgan fingerprint density at radius 2 is 1.84 bits per heavy atom. The van der Waals surface area contributed by atoms with E-state index in [1.54, 1.807) is 12.1 Å². The highest BCUT2D eigenvalue weighted by molar-refractivity contribution is 5.64. The van der Waals surface area contributed by atoms with Crippen molar-refractivity contribution in [2.75, 3.05) is 19.6 Å². The number of piperidine rings is 1. The highest BCUT2D eigenvalue weighted by Gasteiger charge is 2.44. The van der Waals surface area contributed by atoms with Gasteiger partial charge >= 0.3 is 0 Å². The number of rotatable bonds is 4. The van der Waals surface area contributed by atoms with Gasteiger partial charge in [0.1, 0.15) is 17.3 Å². The zero-order valence-electron chi connectivity index (χ0n) is 21.1. The van der Waals surface area contributed by atoms with Crippen molar-refractivity contribution in [3.05, 3.63) is 65.6 Å². The standard InChI is InChI=1S/C20H29NO.C7H8O.C2H6/c1-6-16-17-11-20(5)13-21(12-14(3)4)9-8-15(20)10-19(17)22-18(16)7-2;1-6-2-4-7(8)5-3-6;1-2/h6-7,14-15H,1-2,8-13H2,3-5H3;2-5,8H,1H3;1-2H3. The fourth-order valence-corrected chi connectivity index (χ4v) is 5.08. The molecule has 3 heteroatoms. The largest absolute Gasteiger partial charge is 0.508 e. The highest BCUT2D eigenvalue weighted by atomic mass is 16.3. The van der Waals surface area contributed by atoms with E-state index in [-0.39, 0.29) is 0 Å². The summed E-state index contributed by atoms with van der Waals surface area (Å²) in [4.78, 5) is 2.66. The van der Waals surface area contributed by atoms with Gasteiger partial charge in [-0.05, 0) is 61.8 Å². The number of hydrogen-bond donors (Lipinski definition) is 1. The lowest BCUT2D eigenvalue weighted by molar-refractivity contribution is 0.0242. The van der Waals surface area contributed by atoms with Crippen LogP contribution in [0.15, 0.2) is 41.8 Å². The Bertz CT molecular complexity index is 856. The third kappa shape index (κ3) is 6.16. The van der Waals surface area contributed by atoms with Gasteiger partial charge in [-0.15, -0.1) is 0 Å². The van der Waals surface area contributed by atoms with Gasteiger partial charge < -0.3 is 14.4 Å². The van der Waals surface area contributed by atoms with Crippen LogP contribution < -0.4 is 0 Å². The summed E-state index contributed by atoms with van der Waals surface area (Å²) in [5, 5.41) is 8.76. The molecule has 1 aliphatic carbocycles. The number of aryl methyl sites for hydroxylation is 1. The summed E-state index contributed by atoms with van der Waals surface area (Å²) >= 11 is 0. The molecule has 1 N–H and O–H groups in total. The average Bonchev–Trinajstić information content (AvgIpc) is 3.11. The Balaban J connectivity index is 0.000000304. The molecule has 4 rings (SSSR count). The number of nitrogens with zero attached hydrogens (tertiary/aromatic N) is 1. The van der Waals surface area contributed by atoms with E-state index in [1.807, 2.05) is 45.1 Å². The predicted molar refractivity (Wildman–Crippen MR) is 138 cm³/mol. The van der Waals surface area contributed by atoms with Gasteiger partial charge in [-0.1, -0.05) is 71.5 Å². The van der Waals surface area contributed by atoms with Crippen LogP contribution in [0.25, 0.3) is 12.2 Å². The van der Waals surface area contributed by atoms with Gasteiger partial charge in [-0.25, -0.2) is 0 Å². The molecule has 1 saturated heterocycles. The normalized spacial score (nSPS) is 21.9. The number of furan rings is 1. The van der Waals surface area contributed by atoms with Crippen LogP contribution in [0.3, 0.4) is 0 Å². The molecule has 2 atom stereocenters. The van der Waals surface area contributed by atoms with Crippen LogP contribution >= 0.6 is 0 Å². The number of aromatic hydroxyl groups is 1. The van der Waals surface area contributed by atoms with Crippen molar-refractivity contribution in [1.82, 2.24) is 4.90 Å². The molecule has 2 aromatic rings. The fourth-order valence-electron chi connectivity index (χ4n) is 5.08. The topological polar surface area (TPSA) is 36.6 Å². The molecule has 0 spiro atoms. The number of benzene rings is 1. The summed E-state index contributed by atoms with van der Waals surface area (Å²) in [5.74, 6) is 3.90. The highest BCUT2D eigenvalue weighted by Crippen LogP contribution is 2.47. The minimum atomic E-state index is 0.329. The summed E-state index contributed by atoms with van der Waals surface area (Å²) < 4.78 is 6.06. The van der Waals surface area contributed by atoms with Crippen LogP contribution in [-0.4, -0.2) is 29.6 Å². The van der Waals surface area contributed by atoms with Crippen molar-refractivity contribution in [3.8, 4) is 5.75 Å². The Labute approximate surface area is 195 Å². The Hall–Kier alpha value is -2.26. The second-order valence-corrected chi connectivity index (χ2v) is 9.68. The van der Waals surface area contributed by atoms with Gasteiger partial charge in [-0.2, -0.15) is 0 Å². The first kappa shape index (κ1) is 26.0. The molecule has 1 aliphatic heterocycles. The molecule has 2 aliphatic rings. The summed E-state index contributed by atoms with van der Waals surface area (Å²) in [6, 6.07) is 7.09. The molecule has 1 aromatic heterocycles. The smallest absolute Gasteiger partial charge is 0.133 e. The van der Waals surface area contributed by atoms with E-state index in [4.69, 9.17) is 9.52 Å². The van der Waals surface area contributed by atoms with Crippen LogP contribution in [0.2, 0.25) is 0 Å². The van der Waals surface area contributed by atoms with Crippen molar-refractivity contribution < 1.29 is 9.52 Å². The Kier molecular flexibility index (Phi) is 9.39. The second-order valence-electron chi connectivity index (χ2n) is 9.68. The molecular weight excluding hydrogens is 394 g/mol. The van der Waals surface area contributed by atoms with Crippen LogP contribution in [-0.2, 0) is 12.8 Å². The van der Waals surface area contributed by atoms with E-state index in [9.17, 15) is 0 Å². The SMILES string of the molecule is C=Cc1oc2c(c1C=C)CC1(C)CN(CC(C)C)CCC1C2.CC.Cc1ccc(O)cc1. The first-order valence-corrected chi connectivity index (χ1v) is 12.1. The zero-order valence-corrected chi connectivity index (χ0v) is 21.1. The molecule has 32 heavy (non-hydrogen) atoms. The van der Waals surface area contributed by atoms with Gasteiger partial charge in [0.25, 0.3) is 0 Å². The van der Waals surface area contributed by atoms with Gasteiger partial charge in [0.2, 0.25) is 0 Å². The first-order valence-electron chi connectivity index (χ1n) is 12.1. The number of phenolic OH excluding ortho intramolecular Hbond substituents is 1. The summed E-state index contributed by atoms with van der Waals surface area (Å²) in [7, 11) is 0. The molecule has 2 heterocycles. The van der Waals surface area contributed by atoms with E-state index in [0.717, 1.165) is 30.4 Å². The minimum absolute atomic E-state index is 0.329. The lowest BCUT2D eigenvalue weighted by Crippen LogP contribution is -2.51. The van der Waals surface area contributed by atoms with Gasteiger partial charge in [-0.3, -0.25) is 0 Å². The molecule has 0 bridgehead atoms. The average molecular weight is 438 g/mol. The molecule has 0 radical (unpaired) electrons. The van der Waals surface area contributed by atoms with Crippen molar-refractivity contribution in [2.45, 2.75) is 60.8 Å². The molecule has 1 fully saturated rings. The second kappa shape index (κ2) is 11.6. The molecule has 0 saturated carbocycles. The number of hydrogen-bond acceptors (Lipinski definition) is 3. The van der Waals surface area contributed by atoms with Crippen LogP contribution in [0.5, 0.6) is 5.75 Å². The Morgan fingerprint density at radius 1 is 1.19 bits per heavy atom. The minimum Gasteiger partial charge on any atom is -0.508 e. The number of fused-ring (bicyclic) bond motifs is 2. The fraction of sp³-hybridized carbons (Fsp3) is 0.517. The molecular formula is C29H43NO2. The van der Waals surface area contributed by atoms with Gasteiger partial charge in [0.15, 0.2) is 0 Å². The van der Waals surface area contributed by atoms with Gasteiger partial charge in [0.05, 0.1) is 0 Å². The zero-order chi connectivity index (χ0) is 23.9. The van der Waals surface area contributed by atoms with Crippen LogP contribution in [0.1, 0.15) is 69.3 Å². The van der Waals surface area contributed by atoms with E-state index in [0.29, 0.717) is 11.2 Å².